The molecule has 1 aromatic carbocycles. The maximum Gasteiger partial charge on any atom is 0.0549 e. The molecule has 1 aromatic rings. The molecule has 1 aliphatic rings. The van der Waals surface area contributed by atoms with Gasteiger partial charge in [-0.2, -0.15) is 0 Å². The van der Waals surface area contributed by atoms with E-state index in [2.05, 4.69) is 38.0 Å². The number of aryl methyl sites for hydroxylation is 2. The highest BCUT2D eigenvalue weighted by Crippen LogP contribution is 2.25. The Morgan fingerprint density at radius 3 is 2.79 bits per heavy atom. The summed E-state index contributed by atoms with van der Waals surface area (Å²) in [6.07, 6.45) is 10.3. The number of benzene rings is 1. The van der Waals surface area contributed by atoms with Gasteiger partial charge in [0.25, 0.3) is 0 Å². The van der Waals surface area contributed by atoms with Crippen molar-refractivity contribution in [2.24, 2.45) is 5.84 Å². The van der Waals surface area contributed by atoms with Gasteiger partial charge in [-0.05, 0) is 31.4 Å². The summed E-state index contributed by atoms with van der Waals surface area (Å²) < 4.78 is 0. The number of rotatable bonds is 0. The number of nitrogens with zero attached hydrogens (tertiary/aromatic N) is 1. The zero-order valence-electron chi connectivity index (χ0n) is 8.53. The number of anilines is 1. The van der Waals surface area contributed by atoms with Gasteiger partial charge >= 0.3 is 0 Å². The number of terminal acetylenes is 1. The minimum absolute atomic E-state index is 0.982. The zero-order chi connectivity index (χ0) is 10.6. The van der Waals surface area contributed by atoms with Crippen molar-refractivity contribution in [3.05, 3.63) is 29.3 Å². The average Bonchev–Trinajstić information content (AvgIpc) is 2.21. The van der Waals surface area contributed by atoms with E-state index in [1.54, 1.807) is 0 Å². The van der Waals surface area contributed by atoms with Crippen LogP contribution in [0.1, 0.15) is 17.5 Å². The van der Waals surface area contributed by atoms with Gasteiger partial charge in [0.1, 0.15) is 0 Å². The highest BCUT2D eigenvalue weighted by Gasteiger charge is 2.12. The third kappa shape index (κ3) is 2.07. The Morgan fingerprint density at radius 1 is 1.36 bits per heavy atom. The van der Waals surface area contributed by atoms with Crippen LogP contribution in [0.25, 0.3) is 0 Å². The van der Waals surface area contributed by atoms with Crippen LogP contribution < -0.4 is 10.9 Å². The molecule has 0 saturated heterocycles. The standard InChI is InChI=1S/C10H14N2.C2H2/c1-8-4-5-10-9(7-8)3-2-6-12(10)11;1-2/h4-5,7H,2-3,6,11H2,1H3;1-2H. The van der Waals surface area contributed by atoms with Gasteiger partial charge in [-0.3, -0.25) is 0 Å². The highest BCUT2D eigenvalue weighted by atomic mass is 15.4. The van der Waals surface area contributed by atoms with Crippen LogP contribution in [0, 0.1) is 19.8 Å². The monoisotopic (exact) mass is 188 g/mol. The van der Waals surface area contributed by atoms with Crippen molar-refractivity contribution in [1.82, 2.24) is 0 Å². The molecule has 0 fully saturated rings. The molecule has 2 heteroatoms. The Bertz CT molecular complexity index is 328. The van der Waals surface area contributed by atoms with Crippen LogP contribution in [0.2, 0.25) is 0 Å². The summed E-state index contributed by atoms with van der Waals surface area (Å²) in [5.74, 6) is 5.83. The summed E-state index contributed by atoms with van der Waals surface area (Å²) in [6, 6.07) is 6.46. The van der Waals surface area contributed by atoms with E-state index in [1.807, 2.05) is 5.01 Å². The lowest BCUT2D eigenvalue weighted by Crippen LogP contribution is -2.35. The average molecular weight is 188 g/mol. The van der Waals surface area contributed by atoms with E-state index in [0.717, 1.165) is 6.54 Å². The summed E-state index contributed by atoms with van der Waals surface area (Å²) in [5.41, 5.74) is 3.92. The fraction of sp³-hybridized carbons (Fsp3) is 0.333. The van der Waals surface area contributed by atoms with Crippen LogP contribution in [0.3, 0.4) is 0 Å². The first-order chi connectivity index (χ1) is 6.77. The van der Waals surface area contributed by atoms with Gasteiger partial charge in [-0.1, -0.05) is 17.7 Å². The van der Waals surface area contributed by atoms with Crippen LogP contribution in [-0.2, 0) is 6.42 Å². The van der Waals surface area contributed by atoms with Gasteiger partial charge in [-0.15, -0.1) is 12.8 Å². The normalized spacial score (nSPS) is 13.9. The van der Waals surface area contributed by atoms with Gasteiger partial charge in [0.2, 0.25) is 0 Å². The molecule has 14 heavy (non-hydrogen) atoms. The lowest BCUT2D eigenvalue weighted by Gasteiger charge is -2.26. The molecular formula is C12H16N2. The van der Waals surface area contributed by atoms with E-state index in [-0.39, 0.29) is 0 Å². The van der Waals surface area contributed by atoms with Crippen LogP contribution in [-0.4, -0.2) is 6.54 Å². The Morgan fingerprint density at radius 2 is 2.07 bits per heavy atom. The molecule has 0 bridgehead atoms. The Kier molecular flexibility index (Phi) is 3.55. The molecule has 0 spiro atoms. The second kappa shape index (κ2) is 4.69. The zero-order valence-corrected chi connectivity index (χ0v) is 8.53. The predicted molar refractivity (Wildman–Crippen MR) is 60.9 cm³/mol. The van der Waals surface area contributed by atoms with E-state index in [4.69, 9.17) is 5.84 Å². The second-order valence-corrected chi connectivity index (χ2v) is 3.43. The lowest BCUT2D eigenvalue weighted by molar-refractivity contribution is 0.713. The Hall–Kier alpha value is -1.46. The number of nitrogens with two attached hydrogens (primary N) is 1. The fourth-order valence-corrected chi connectivity index (χ4v) is 1.76. The first-order valence-corrected chi connectivity index (χ1v) is 4.72. The third-order valence-electron chi connectivity index (χ3n) is 2.39. The molecule has 0 unspecified atom stereocenters. The van der Waals surface area contributed by atoms with Crippen molar-refractivity contribution in [2.75, 3.05) is 11.6 Å². The third-order valence-corrected chi connectivity index (χ3v) is 2.39. The topological polar surface area (TPSA) is 29.3 Å². The Labute approximate surface area is 85.7 Å². The molecule has 0 radical (unpaired) electrons. The van der Waals surface area contributed by atoms with Crippen LogP contribution in [0.4, 0.5) is 5.69 Å². The quantitative estimate of drug-likeness (QED) is 0.497. The molecule has 2 rings (SSSR count). The summed E-state index contributed by atoms with van der Waals surface area (Å²) in [6.45, 7) is 3.10. The fourth-order valence-electron chi connectivity index (χ4n) is 1.76. The summed E-state index contributed by atoms with van der Waals surface area (Å²) >= 11 is 0. The minimum Gasteiger partial charge on any atom is -0.311 e. The molecule has 0 amide bonds. The number of hydrazine groups is 1. The van der Waals surface area contributed by atoms with Gasteiger partial charge in [0.05, 0.1) is 5.69 Å². The van der Waals surface area contributed by atoms with Gasteiger partial charge < -0.3 is 5.01 Å². The molecule has 74 valence electrons. The molecule has 1 aliphatic heterocycles. The SMILES string of the molecule is C#C.Cc1ccc2c(c1)CCCN2N. The number of hydrogen-bond donors (Lipinski definition) is 1. The molecular weight excluding hydrogens is 172 g/mol. The van der Waals surface area contributed by atoms with E-state index < -0.39 is 0 Å². The van der Waals surface area contributed by atoms with E-state index in [1.165, 1.54) is 29.7 Å². The molecule has 0 aromatic heterocycles. The van der Waals surface area contributed by atoms with Crippen LogP contribution in [0.15, 0.2) is 18.2 Å². The first kappa shape index (κ1) is 10.6. The number of fused-ring (bicyclic) bond motifs is 1. The second-order valence-electron chi connectivity index (χ2n) is 3.43. The minimum atomic E-state index is 0.982. The van der Waals surface area contributed by atoms with E-state index in [0.29, 0.717) is 0 Å². The van der Waals surface area contributed by atoms with Crippen molar-refractivity contribution >= 4 is 5.69 Å². The van der Waals surface area contributed by atoms with Crippen molar-refractivity contribution in [1.29, 1.82) is 0 Å². The van der Waals surface area contributed by atoms with Gasteiger partial charge in [-0.25, -0.2) is 5.84 Å². The lowest BCUT2D eigenvalue weighted by atomic mass is 10.0. The van der Waals surface area contributed by atoms with Gasteiger partial charge in [0, 0.05) is 6.54 Å². The molecule has 0 aliphatic carbocycles. The summed E-state index contributed by atoms with van der Waals surface area (Å²) in [4.78, 5) is 0. The maximum atomic E-state index is 5.83. The predicted octanol–water partition coefficient (Wildman–Crippen LogP) is 1.87. The summed E-state index contributed by atoms with van der Waals surface area (Å²) in [7, 11) is 0. The van der Waals surface area contributed by atoms with Gasteiger partial charge in [0.15, 0.2) is 0 Å². The molecule has 2 nitrogen and oxygen atoms in total. The summed E-state index contributed by atoms with van der Waals surface area (Å²) in [5, 5.41) is 1.85. The van der Waals surface area contributed by atoms with E-state index >= 15 is 0 Å². The van der Waals surface area contributed by atoms with Crippen molar-refractivity contribution in [3.63, 3.8) is 0 Å². The van der Waals surface area contributed by atoms with Crippen molar-refractivity contribution in [3.8, 4) is 12.8 Å². The molecule has 0 atom stereocenters. The largest absolute Gasteiger partial charge is 0.311 e. The van der Waals surface area contributed by atoms with E-state index in [9.17, 15) is 0 Å². The van der Waals surface area contributed by atoms with Crippen molar-refractivity contribution < 1.29 is 0 Å². The molecule has 2 N–H and O–H groups in total. The van der Waals surface area contributed by atoms with Crippen molar-refractivity contribution in [2.45, 2.75) is 19.8 Å². The molecule has 0 saturated carbocycles. The highest BCUT2D eigenvalue weighted by molar-refractivity contribution is 5.55. The maximum absolute atomic E-state index is 5.83. The van der Waals surface area contributed by atoms with Crippen LogP contribution in [0.5, 0.6) is 0 Å². The molecule has 1 heterocycles. The van der Waals surface area contributed by atoms with Crippen LogP contribution >= 0.6 is 0 Å². The Balaban J connectivity index is 0.000000461. The smallest absolute Gasteiger partial charge is 0.0549 e. The first-order valence-electron chi connectivity index (χ1n) is 4.72. The number of hydrogen-bond acceptors (Lipinski definition) is 2.